The van der Waals surface area contributed by atoms with E-state index in [9.17, 15) is 9.59 Å². The van der Waals surface area contributed by atoms with E-state index in [4.69, 9.17) is 10.5 Å². The molecule has 4 rings (SSSR count). The molecule has 0 saturated carbocycles. The van der Waals surface area contributed by atoms with Crippen molar-refractivity contribution in [3.05, 3.63) is 90.0 Å². The fourth-order valence-electron chi connectivity index (χ4n) is 4.33. The Balaban J connectivity index is 1.53. The molecule has 0 spiro atoms. The molecule has 1 aliphatic rings. The summed E-state index contributed by atoms with van der Waals surface area (Å²) in [7, 11) is 1.54. The molecule has 7 heteroatoms. The van der Waals surface area contributed by atoms with Crippen molar-refractivity contribution in [1.29, 1.82) is 0 Å². The zero-order valence-corrected chi connectivity index (χ0v) is 19.4. The number of methoxy groups -OCH3 is 1. The van der Waals surface area contributed by atoms with Gasteiger partial charge in [-0.25, -0.2) is 0 Å². The second kappa shape index (κ2) is 10.9. The number of hydrogen-bond donors (Lipinski definition) is 1. The average Bonchev–Trinajstić information content (AvgIpc) is 2.89. The number of rotatable bonds is 8. The first-order valence-electron chi connectivity index (χ1n) is 11.4. The highest BCUT2D eigenvalue weighted by molar-refractivity contribution is 6.11. The van der Waals surface area contributed by atoms with Gasteiger partial charge >= 0.3 is 0 Å². The fraction of sp³-hybridized carbons (Fsp3) is 0.259. The summed E-state index contributed by atoms with van der Waals surface area (Å²) < 4.78 is 5.42. The Morgan fingerprint density at radius 1 is 0.853 bits per heavy atom. The summed E-state index contributed by atoms with van der Waals surface area (Å²) in [6, 6.07) is 24.5. The minimum absolute atomic E-state index is 0.228. The maximum atomic E-state index is 13.7. The molecule has 0 bridgehead atoms. The van der Waals surface area contributed by atoms with Gasteiger partial charge in [-0.15, -0.1) is 0 Å². The van der Waals surface area contributed by atoms with E-state index in [-0.39, 0.29) is 5.91 Å². The lowest BCUT2D eigenvalue weighted by Crippen LogP contribution is -2.49. The number of amides is 2. The Hall–Kier alpha value is -3.84. The third kappa shape index (κ3) is 5.21. The first-order valence-corrected chi connectivity index (χ1v) is 11.4. The van der Waals surface area contributed by atoms with Gasteiger partial charge in [0.15, 0.2) is 0 Å². The van der Waals surface area contributed by atoms with Gasteiger partial charge in [0.2, 0.25) is 0 Å². The van der Waals surface area contributed by atoms with Crippen molar-refractivity contribution in [2.24, 2.45) is 5.73 Å². The highest BCUT2D eigenvalue weighted by Gasteiger charge is 2.26. The summed E-state index contributed by atoms with van der Waals surface area (Å²) >= 11 is 0. The van der Waals surface area contributed by atoms with Crippen molar-refractivity contribution >= 4 is 23.2 Å². The zero-order valence-electron chi connectivity index (χ0n) is 19.4. The Kier molecular flexibility index (Phi) is 7.44. The van der Waals surface area contributed by atoms with E-state index in [2.05, 4.69) is 34.1 Å². The number of nitrogens with zero attached hydrogens (tertiary/aromatic N) is 3. The van der Waals surface area contributed by atoms with Crippen LogP contribution in [0.3, 0.4) is 0 Å². The van der Waals surface area contributed by atoms with Crippen molar-refractivity contribution in [2.45, 2.75) is 0 Å². The largest absolute Gasteiger partial charge is 0.496 e. The van der Waals surface area contributed by atoms with Crippen LogP contribution >= 0.6 is 0 Å². The van der Waals surface area contributed by atoms with Crippen LogP contribution in [0.25, 0.3) is 0 Å². The molecular weight excluding hydrogens is 428 g/mol. The lowest BCUT2D eigenvalue weighted by molar-refractivity contribution is 0.0979. The van der Waals surface area contributed by atoms with E-state index in [1.165, 1.54) is 5.69 Å². The molecule has 2 amide bonds. The number of carbonyl (C=O) groups excluding carboxylic acids is 2. The average molecular weight is 459 g/mol. The third-order valence-corrected chi connectivity index (χ3v) is 6.18. The quantitative estimate of drug-likeness (QED) is 0.561. The van der Waals surface area contributed by atoms with Crippen LogP contribution in [-0.2, 0) is 0 Å². The lowest BCUT2D eigenvalue weighted by Gasteiger charge is -2.37. The fourth-order valence-corrected chi connectivity index (χ4v) is 4.33. The highest BCUT2D eigenvalue weighted by Crippen LogP contribution is 2.26. The molecule has 7 nitrogen and oxygen atoms in total. The van der Waals surface area contributed by atoms with Gasteiger partial charge in [0, 0.05) is 45.0 Å². The normalized spacial score (nSPS) is 14.0. The number of anilines is 2. The first-order chi connectivity index (χ1) is 16.6. The predicted molar refractivity (Wildman–Crippen MR) is 135 cm³/mol. The van der Waals surface area contributed by atoms with Crippen LogP contribution < -0.4 is 20.3 Å². The molecule has 176 valence electrons. The molecule has 2 N–H and O–H groups in total. The lowest BCUT2D eigenvalue weighted by atomic mass is 10.1. The number of nitrogens with two attached hydrogens (primary N) is 1. The van der Waals surface area contributed by atoms with Gasteiger partial charge < -0.3 is 20.3 Å². The summed E-state index contributed by atoms with van der Waals surface area (Å²) in [5, 5.41) is 0. The number of para-hydroxylation sites is 3. The topological polar surface area (TPSA) is 79.1 Å². The molecule has 3 aromatic rings. The van der Waals surface area contributed by atoms with Crippen LogP contribution in [0.4, 0.5) is 11.4 Å². The molecule has 0 aromatic heterocycles. The van der Waals surface area contributed by atoms with E-state index in [0.29, 0.717) is 35.7 Å². The van der Waals surface area contributed by atoms with Gasteiger partial charge in [0.1, 0.15) is 5.75 Å². The SMILES string of the molecule is COc1ccccc1C(=O)N(CCN1CCN(c2ccccc2)CC1)c1ccccc1C(N)=O. The van der Waals surface area contributed by atoms with Crippen LogP contribution in [-0.4, -0.2) is 63.1 Å². The van der Waals surface area contributed by atoms with Gasteiger partial charge in [-0.1, -0.05) is 42.5 Å². The Bertz CT molecular complexity index is 1130. The molecule has 0 aliphatic carbocycles. The van der Waals surface area contributed by atoms with Crippen LogP contribution in [0.1, 0.15) is 20.7 Å². The number of piperazine rings is 1. The summed E-state index contributed by atoms with van der Waals surface area (Å²) in [6.07, 6.45) is 0. The maximum absolute atomic E-state index is 13.7. The van der Waals surface area contributed by atoms with E-state index >= 15 is 0 Å². The number of ether oxygens (including phenoxy) is 1. The molecule has 0 atom stereocenters. The number of benzene rings is 3. The molecule has 1 fully saturated rings. The smallest absolute Gasteiger partial charge is 0.262 e. The Morgan fingerprint density at radius 3 is 2.15 bits per heavy atom. The number of primary amides is 1. The van der Waals surface area contributed by atoms with Gasteiger partial charge in [0.25, 0.3) is 11.8 Å². The van der Waals surface area contributed by atoms with Gasteiger partial charge in [-0.3, -0.25) is 14.5 Å². The molecule has 1 heterocycles. The van der Waals surface area contributed by atoms with Crippen LogP contribution in [0.15, 0.2) is 78.9 Å². The van der Waals surface area contributed by atoms with E-state index in [0.717, 1.165) is 26.2 Å². The summed E-state index contributed by atoms with van der Waals surface area (Å²) in [4.78, 5) is 32.2. The molecule has 0 unspecified atom stereocenters. The van der Waals surface area contributed by atoms with Gasteiger partial charge in [-0.05, 0) is 36.4 Å². The minimum atomic E-state index is -0.565. The Labute approximate surface area is 200 Å². The van der Waals surface area contributed by atoms with E-state index < -0.39 is 5.91 Å². The van der Waals surface area contributed by atoms with Crippen LogP contribution in [0.5, 0.6) is 5.75 Å². The second-order valence-corrected chi connectivity index (χ2v) is 8.20. The van der Waals surface area contributed by atoms with Crippen LogP contribution in [0.2, 0.25) is 0 Å². The van der Waals surface area contributed by atoms with Crippen LogP contribution in [0, 0.1) is 0 Å². The number of hydrogen-bond acceptors (Lipinski definition) is 5. The van der Waals surface area contributed by atoms with Crippen molar-refractivity contribution in [2.75, 3.05) is 56.2 Å². The minimum Gasteiger partial charge on any atom is -0.496 e. The monoisotopic (exact) mass is 458 g/mol. The first kappa shape index (κ1) is 23.3. The second-order valence-electron chi connectivity index (χ2n) is 8.20. The van der Waals surface area contributed by atoms with Gasteiger partial charge in [0.05, 0.1) is 23.9 Å². The molecule has 1 saturated heterocycles. The van der Waals surface area contributed by atoms with Crippen molar-refractivity contribution in [3.63, 3.8) is 0 Å². The molecule has 34 heavy (non-hydrogen) atoms. The molecule has 3 aromatic carbocycles. The highest BCUT2D eigenvalue weighted by atomic mass is 16.5. The standard InChI is InChI=1S/C27H30N4O3/c1-34-25-14-8-6-12-23(25)27(33)31(24-13-7-5-11-22(24)26(28)32)20-17-29-15-18-30(19-16-29)21-9-3-2-4-10-21/h2-14H,15-20H2,1H3,(H2,28,32). The predicted octanol–water partition coefficient (Wildman–Crippen LogP) is 3.26. The van der Waals surface area contributed by atoms with Gasteiger partial charge in [-0.2, -0.15) is 0 Å². The van der Waals surface area contributed by atoms with E-state index in [1.54, 1.807) is 48.4 Å². The molecule has 0 radical (unpaired) electrons. The summed E-state index contributed by atoms with van der Waals surface area (Å²) in [6.45, 7) is 4.72. The summed E-state index contributed by atoms with van der Waals surface area (Å²) in [5.41, 5.74) is 8.14. The zero-order chi connectivity index (χ0) is 23.9. The van der Waals surface area contributed by atoms with Crippen molar-refractivity contribution in [3.8, 4) is 5.75 Å². The van der Waals surface area contributed by atoms with E-state index in [1.807, 2.05) is 18.2 Å². The number of carbonyl (C=O) groups is 2. The third-order valence-electron chi connectivity index (χ3n) is 6.18. The molecular formula is C27H30N4O3. The van der Waals surface area contributed by atoms with Crippen molar-refractivity contribution in [1.82, 2.24) is 4.90 Å². The molecule has 1 aliphatic heterocycles. The van der Waals surface area contributed by atoms with Crippen molar-refractivity contribution < 1.29 is 14.3 Å². The summed E-state index contributed by atoms with van der Waals surface area (Å²) in [5.74, 6) is -0.301. The Morgan fingerprint density at radius 2 is 1.47 bits per heavy atom. The maximum Gasteiger partial charge on any atom is 0.262 e.